The van der Waals surface area contributed by atoms with Gasteiger partial charge in [-0.05, 0) is 30.5 Å². The number of rotatable bonds is 3. The van der Waals surface area contributed by atoms with Gasteiger partial charge in [0.1, 0.15) is 6.04 Å². The Morgan fingerprint density at radius 1 is 1.35 bits per heavy atom. The molecule has 4 heteroatoms. The van der Waals surface area contributed by atoms with Gasteiger partial charge in [0, 0.05) is 22.5 Å². The van der Waals surface area contributed by atoms with Crippen LogP contribution < -0.4 is 10.2 Å². The van der Waals surface area contributed by atoms with Crippen LogP contribution in [0.1, 0.15) is 23.4 Å². The van der Waals surface area contributed by atoms with E-state index in [2.05, 4.69) is 23.7 Å². The number of para-hydroxylation sites is 1. The van der Waals surface area contributed by atoms with Crippen LogP contribution in [0.15, 0.2) is 41.8 Å². The Morgan fingerprint density at radius 2 is 2.15 bits per heavy atom. The SMILES string of the molecule is C[C@@H]1c2ccsc2CC[NH+]1CC(=O)Nc1ccccc1. The Kier molecular flexibility index (Phi) is 3.85. The average molecular weight is 287 g/mol. The summed E-state index contributed by atoms with van der Waals surface area (Å²) in [6, 6.07) is 12.3. The van der Waals surface area contributed by atoms with Crippen molar-refractivity contribution in [1.82, 2.24) is 0 Å². The first kappa shape index (κ1) is 13.3. The maximum Gasteiger partial charge on any atom is 0.279 e. The van der Waals surface area contributed by atoms with Crippen molar-refractivity contribution in [2.75, 3.05) is 18.4 Å². The van der Waals surface area contributed by atoms with E-state index < -0.39 is 0 Å². The maximum absolute atomic E-state index is 12.1. The molecule has 2 aromatic rings. The third kappa shape index (κ3) is 2.76. The highest BCUT2D eigenvalue weighted by Gasteiger charge is 2.29. The van der Waals surface area contributed by atoms with Crippen molar-refractivity contribution in [3.8, 4) is 0 Å². The topological polar surface area (TPSA) is 33.5 Å². The molecule has 3 rings (SSSR count). The number of quaternary nitrogens is 1. The normalized spacial score (nSPS) is 21.2. The Balaban J connectivity index is 1.63. The van der Waals surface area contributed by atoms with Crippen molar-refractivity contribution in [3.63, 3.8) is 0 Å². The number of anilines is 1. The van der Waals surface area contributed by atoms with E-state index >= 15 is 0 Å². The molecule has 0 radical (unpaired) electrons. The maximum atomic E-state index is 12.1. The summed E-state index contributed by atoms with van der Waals surface area (Å²) >= 11 is 1.84. The molecule has 0 bridgehead atoms. The Morgan fingerprint density at radius 3 is 2.95 bits per heavy atom. The van der Waals surface area contributed by atoms with Gasteiger partial charge in [-0.2, -0.15) is 0 Å². The van der Waals surface area contributed by atoms with Crippen LogP contribution in [0.2, 0.25) is 0 Å². The molecule has 3 nitrogen and oxygen atoms in total. The monoisotopic (exact) mass is 287 g/mol. The van der Waals surface area contributed by atoms with Crippen LogP contribution in [0.4, 0.5) is 5.69 Å². The van der Waals surface area contributed by atoms with Gasteiger partial charge < -0.3 is 10.2 Å². The highest BCUT2D eigenvalue weighted by atomic mass is 32.1. The molecule has 0 saturated carbocycles. The highest BCUT2D eigenvalue weighted by molar-refractivity contribution is 7.10. The van der Waals surface area contributed by atoms with Gasteiger partial charge in [-0.1, -0.05) is 18.2 Å². The smallest absolute Gasteiger partial charge is 0.279 e. The second-order valence-electron chi connectivity index (χ2n) is 5.27. The first-order chi connectivity index (χ1) is 9.74. The number of amides is 1. The summed E-state index contributed by atoms with van der Waals surface area (Å²) < 4.78 is 0. The molecule has 2 heterocycles. The average Bonchev–Trinajstić information content (AvgIpc) is 2.92. The van der Waals surface area contributed by atoms with Crippen LogP contribution in [0.5, 0.6) is 0 Å². The van der Waals surface area contributed by atoms with Crippen LogP contribution in [0.3, 0.4) is 0 Å². The van der Waals surface area contributed by atoms with Crippen LogP contribution in [0, 0.1) is 0 Å². The fourth-order valence-electron chi connectivity index (χ4n) is 2.82. The molecule has 1 aromatic carbocycles. The minimum Gasteiger partial charge on any atom is -0.321 e. The predicted molar refractivity (Wildman–Crippen MR) is 82.2 cm³/mol. The summed E-state index contributed by atoms with van der Waals surface area (Å²) in [7, 11) is 0. The van der Waals surface area contributed by atoms with E-state index in [1.165, 1.54) is 15.3 Å². The molecule has 2 atom stereocenters. The fraction of sp³-hybridized carbons (Fsp3) is 0.312. The number of benzene rings is 1. The predicted octanol–water partition coefficient (Wildman–Crippen LogP) is 1.89. The van der Waals surface area contributed by atoms with Gasteiger partial charge in [-0.3, -0.25) is 4.79 Å². The summed E-state index contributed by atoms with van der Waals surface area (Å²) in [5.74, 6) is 0.0942. The van der Waals surface area contributed by atoms with E-state index in [-0.39, 0.29) is 5.91 Å². The number of hydrogen-bond acceptors (Lipinski definition) is 2. The molecule has 0 saturated heterocycles. The molecular weight excluding hydrogens is 268 g/mol. The largest absolute Gasteiger partial charge is 0.321 e. The molecule has 20 heavy (non-hydrogen) atoms. The zero-order valence-electron chi connectivity index (χ0n) is 11.6. The zero-order chi connectivity index (χ0) is 13.9. The van der Waals surface area contributed by atoms with Gasteiger partial charge in [0.2, 0.25) is 0 Å². The molecule has 1 aliphatic rings. The van der Waals surface area contributed by atoms with Gasteiger partial charge in [0.05, 0.1) is 6.54 Å². The number of carbonyl (C=O) groups excluding carboxylic acids is 1. The molecule has 1 amide bonds. The second-order valence-corrected chi connectivity index (χ2v) is 6.27. The Hall–Kier alpha value is -1.65. The molecular formula is C16H19N2OS+. The van der Waals surface area contributed by atoms with Crippen molar-refractivity contribution in [3.05, 3.63) is 52.2 Å². The standard InChI is InChI=1S/C16H18N2OS/c1-12-14-8-10-20-15(14)7-9-18(12)11-16(19)17-13-5-3-2-4-6-13/h2-6,8,10,12H,7,9,11H2,1H3,(H,17,19)/p+1/t12-/m1/s1. The number of nitrogens with one attached hydrogen (secondary N) is 2. The van der Waals surface area contributed by atoms with Crippen molar-refractivity contribution >= 4 is 22.9 Å². The lowest BCUT2D eigenvalue weighted by Gasteiger charge is -2.29. The zero-order valence-corrected chi connectivity index (χ0v) is 12.4. The van der Waals surface area contributed by atoms with E-state index in [1.807, 2.05) is 41.7 Å². The van der Waals surface area contributed by atoms with Crippen molar-refractivity contribution in [2.24, 2.45) is 0 Å². The minimum absolute atomic E-state index is 0.0942. The van der Waals surface area contributed by atoms with E-state index in [0.29, 0.717) is 12.6 Å². The van der Waals surface area contributed by atoms with Crippen molar-refractivity contribution in [1.29, 1.82) is 0 Å². The Labute approximate surface area is 123 Å². The van der Waals surface area contributed by atoms with Gasteiger partial charge in [-0.25, -0.2) is 0 Å². The highest BCUT2D eigenvalue weighted by Crippen LogP contribution is 2.24. The first-order valence-corrected chi connectivity index (χ1v) is 7.88. The lowest BCUT2D eigenvalue weighted by Crippen LogP contribution is -3.14. The number of hydrogen-bond donors (Lipinski definition) is 2. The summed E-state index contributed by atoms with van der Waals surface area (Å²) in [6.07, 6.45) is 1.09. The summed E-state index contributed by atoms with van der Waals surface area (Å²) in [5.41, 5.74) is 2.29. The van der Waals surface area contributed by atoms with E-state index in [9.17, 15) is 4.79 Å². The summed E-state index contributed by atoms with van der Waals surface area (Å²) in [4.78, 5) is 15.0. The van der Waals surface area contributed by atoms with Gasteiger partial charge in [0.15, 0.2) is 6.54 Å². The molecule has 2 N–H and O–H groups in total. The Bertz CT molecular complexity index is 594. The third-order valence-electron chi connectivity index (χ3n) is 3.98. The van der Waals surface area contributed by atoms with E-state index in [1.54, 1.807) is 0 Å². The molecule has 104 valence electrons. The van der Waals surface area contributed by atoms with E-state index in [4.69, 9.17) is 0 Å². The van der Waals surface area contributed by atoms with Gasteiger partial charge >= 0.3 is 0 Å². The van der Waals surface area contributed by atoms with Crippen LogP contribution in [0.25, 0.3) is 0 Å². The third-order valence-corrected chi connectivity index (χ3v) is 4.97. The minimum atomic E-state index is 0.0942. The van der Waals surface area contributed by atoms with Crippen LogP contribution >= 0.6 is 11.3 Å². The molecule has 0 aliphatic carbocycles. The second kappa shape index (κ2) is 5.77. The van der Waals surface area contributed by atoms with Crippen molar-refractivity contribution < 1.29 is 9.69 Å². The molecule has 0 fully saturated rings. The number of carbonyl (C=O) groups is 1. The van der Waals surface area contributed by atoms with Crippen LogP contribution in [-0.2, 0) is 11.2 Å². The van der Waals surface area contributed by atoms with Gasteiger partial charge in [0.25, 0.3) is 5.91 Å². The van der Waals surface area contributed by atoms with E-state index in [0.717, 1.165) is 18.7 Å². The first-order valence-electron chi connectivity index (χ1n) is 7.00. The molecule has 1 unspecified atom stereocenters. The number of fused-ring (bicyclic) bond motifs is 1. The summed E-state index contributed by atoms with van der Waals surface area (Å²) in [6.45, 7) is 3.79. The summed E-state index contributed by atoms with van der Waals surface area (Å²) in [5, 5.41) is 5.13. The molecule has 1 aliphatic heterocycles. The quantitative estimate of drug-likeness (QED) is 0.888. The lowest BCUT2D eigenvalue weighted by atomic mass is 10.0. The van der Waals surface area contributed by atoms with Crippen molar-refractivity contribution in [2.45, 2.75) is 19.4 Å². The molecule has 0 spiro atoms. The molecule has 1 aromatic heterocycles. The fourth-order valence-corrected chi connectivity index (χ4v) is 3.80. The van der Waals surface area contributed by atoms with Crippen LogP contribution in [-0.4, -0.2) is 19.0 Å². The van der Waals surface area contributed by atoms with Gasteiger partial charge in [-0.15, -0.1) is 11.3 Å². The lowest BCUT2D eigenvalue weighted by molar-refractivity contribution is -0.923. The number of thiophene rings is 1.